The van der Waals surface area contributed by atoms with E-state index in [4.69, 9.17) is 5.73 Å². The molecule has 1 aromatic carbocycles. The Balaban J connectivity index is 1.93. The Labute approximate surface area is 89.6 Å². The van der Waals surface area contributed by atoms with E-state index in [0.29, 0.717) is 6.54 Å². The third kappa shape index (κ3) is 2.67. The van der Waals surface area contributed by atoms with Gasteiger partial charge in [-0.15, -0.1) is 0 Å². The number of aryl methyl sites for hydroxylation is 2. The van der Waals surface area contributed by atoms with Crippen molar-refractivity contribution in [2.45, 2.75) is 19.5 Å². The van der Waals surface area contributed by atoms with Crippen LogP contribution in [0.5, 0.6) is 0 Å². The van der Waals surface area contributed by atoms with Crippen LogP contribution < -0.4 is 5.73 Å². The number of nitrogens with two attached hydrogens (primary N) is 1. The second-order valence-corrected chi connectivity index (χ2v) is 3.54. The average molecular weight is 201 g/mol. The number of rotatable bonds is 4. The lowest BCUT2D eigenvalue weighted by Crippen LogP contribution is -1.99. The molecule has 0 bridgehead atoms. The van der Waals surface area contributed by atoms with Gasteiger partial charge in [0.05, 0.1) is 12.0 Å². The predicted octanol–water partition coefficient (Wildman–Crippen LogP) is 1.58. The molecule has 2 aromatic rings. The molecule has 78 valence electrons. The maximum atomic E-state index is 5.49. The van der Waals surface area contributed by atoms with E-state index >= 15 is 0 Å². The summed E-state index contributed by atoms with van der Waals surface area (Å²) in [5, 5.41) is 0. The summed E-state index contributed by atoms with van der Waals surface area (Å²) in [5.41, 5.74) is 7.79. The van der Waals surface area contributed by atoms with Gasteiger partial charge in [0, 0.05) is 19.3 Å². The first-order valence-electron chi connectivity index (χ1n) is 5.13. The summed E-state index contributed by atoms with van der Waals surface area (Å²) in [4.78, 5) is 4.18. The van der Waals surface area contributed by atoms with Gasteiger partial charge in [-0.1, -0.05) is 30.3 Å². The monoisotopic (exact) mass is 201 g/mol. The third-order valence-corrected chi connectivity index (χ3v) is 2.40. The first kappa shape index (κ1) is 9.93. The molecule has 0 saturated carbocycles. The zero-order valence-corrected chi connectivity index (χ0v) is 8.63. The van der Waals surface area contributed by atoms with E-state index in [2.05, 4.69) is 33.8 Å². The van der Waals surface area contributed by atoms with Gasteiger partial charge >= 0.3 is 0 Å². The Kier molecular flexibility index (Phi) is 3.15. The molecule has 0 fully saturated rings. The van der Waals surface area contributed by atoms with E-state index in [9.17, 15) is 0 Å². The molecule has 2 rings (SSSR count). The number of aromatic nitrogens is 2. The first-order chi connectivity index (χ1) is 7.38. The molecule has 0 unspecified atom stereocenters. The van der Waals surface area contributed by atoms with Crippen LogP contribution in [-0.2, 0) is 19.5 Å². The fourth-order valence-electron chi connectivity index (χ4n) is 1.54. The maximum Gasteiger partial charge on any atom is 0.0950 e. The minimum Gasteiger partial charge on any atom is -0.337 e. The van der Waals surface area contributed by atoms with Crippen molar-refractivity contribution in [2.75, 3.05) is 0 Å². The lowest BCUT2D eigenvalue weighted by Gasteiger charge is -2.01. The van der Waals surface area contributed by atoms with Crippen molar-refractivity contribution < 1.29 is 0 Å². The fraction of sp³-hybridized carbons (Fsp3) is 0.250. The molecule has 0 aliphatic heterocycles. The Morgan fingerprint density at radius 3 is 2.67 bits per heavy atom. The highest BCUT2D eigenvalue weighted by Gasteiger charge is 1.96. The maximum absolute atomic E-state index is 5.49. The predicted molar refractivity (Wildman–Crippen MR) is 60.3 cm³/mol. The molecule has 0 amide bonds. The summed E-state index contributed by atoms with van der Waals surface area (Å²) in [6.45, 7) is 1.47. The van der Waals surface area contributed by atoms with E-state index < -0.39 is 0 Å². The Hall–Kier alpha value is -1.61. The van der Waals surface area contributed by atoms with Crippen molar-refractivity contribution in [3.8, 4) is 0 Å². The van der Waals surface area contributed by atoms with Crippen LogP contribution in [0.1, 0.15) is 11.3 Å². The van der Waals surface area contributed by atoms with Gasteiger partial charge in [-0.25, -0.2) is 4.98 Å². The van der Waals surface area contributed by atoms with Gasteiger partial charge in [0.2, 0.25) is 0 Å². The Morgan fingerprint density at radius 2 is 2.00 bits per heavy atom. The van der Waals surface area contributed by atoms with Crippen LogP contribution in [0.4, 0.5) is 0 Å². The zero-order chi connectivity index (χ0) is 10.5. The molecule has 0 saturated heterocycles. The topological polar surface area (TPSA) is 43.8 Å². The Morgan fingerprint density at radius 1 is 1.20 bits per heavy atom. The van der Waals surface area contributed by atoms with Crippen LogP contribution in [0.2, 0.25) is 0 Å². The second kappa shape index (κ2) is 4.75. The molecule has 3 heteroatoms. The molecule has 3 nitrogen and oxygen atoms in total. The fourth-order valence-corrected chi connectivity index (χ4v) is 1.54. The van der Waals surface area contributed by atoms with Crippen LogP contribution in [0.15, 0.2) is 42.9 Å². The summed E-state index contributed by atoms with van der Waals surface area (Å²) >= 11 is 0. The van der Waals surface area contributed by atoms with Crippen LogP contribution in [-0.4, -0.2) is 9.55 Å². The van der Waals surface area contributed by atoms with Crippen molar-refractivity contribution >= 4 is 0 Å². The average Bonchev–Trinajstić information content (AvgIpc) is 2.76. The van der Waals surface area contributed by atoms with Gasteiger partial charge in [0.1, 0.15) is 0 Å². The number of imidazole rings is 1. The zero-order valence-electron chi connectivity index (χ0n) is 8.63. The van der Waals surface area contributed by atoms with Crippen LogP contribution in [0, 0.1) is 0 Å². The van der Waals surface area contributed by atoms with E-state index in [-0.39, 0.29) is 0 Å². The lowest BCUT2D eigenvalue weighted by molar-refractivity contribution is 0.695. The highest BCUT2D eigenvalue weighted by Crippen LogP contribution is 2.02. The normalized spacial score (nSPS) is 10.5. The molecule has 0 aliphatic rings. The molecule has 1 heterocycles. The van der Waals surface area contributed by atoms with Crippen molar-refractivity contribution in [3.63, 3.8) is 0 Å². The smallest absolute Gasteiger partial charge is 0.0950 e. The standard InChI is InChI=1S/C12H15N3/c13-8-12-9-15(10-14-12)7-6-11-4-2-1-3-5-11/h1-5,9-10H,6-8,13H2. The number of hydrogen-bond donors (Lipinski definition) is 1. The van der Waals surface area contributed by atoms with Gasteiger partial charge < -0.3 is 10.3 Å². The SMILES string of the molecule is NCc1cn(CCc2ccccc2)cn1. The minimum absolute atomic E-state index is 0.512. The molecular formula is C12H15N3. The van der Waals surface area contributed by atoms with Crippen LogP contribution in [0.3, 0.4) is 0 Å². The van der Waals surface area contributed by atoms with Gasteiger partial charge in [0.25, 0.3) is 0 Å². The van der Waals surface area contributed by atoms with Crippen molar-refractivity contribution in [3.05, 3.63) is 54.1 Å². The van der Waals surface area contributed by atoms with E-state index in [1.54, 1.807) is 0 Å². The number of benzene rings is 1. The molecule has 0 aliphatic carbocycles. The minimum atomic E-state index is 0.512. The van der Waals surface area contributed by atoms with E-state index in [1.807, 2.05) is 18.6 Å². The molecule has 0 radical (unpaired) electrons. The van der Waals surface area contributed by atoms with Crippen molar-refractivity contribution in [1.29, 1.82) is 0 Å². The number of hydrogen-bond acceptors (Lipinski definition) is 2. The van der Waals surface area contributed by atoms with Gasteiger partial charge in [0.15, 0.2) is 0 Å². The van der Waals surface area contributed by atoms with Crippen LogP contribution >= 0.6 is 0 Å². The Bertz CT molecular complexity index is 406. The largest absolute Gasteiger partial charge is 0.337 e. The molecule has 0 spiro atoms. The number of nitrogens with zero attached hydrogens (tertiary/aromatic N) is 2. The quantitative estimate of drug-likeness (QED) is 0.816. The summed E-state index contributed by atoms with van der Waals surface area (Å²) < 4.78 is 2.08. The lowest BCUT2D eigenvalue weighted by atomic mass is 10.1. The molecule has 2 N–H and O–H groups in total. The summed E-state index contributed by atoms with van der Waals surface area (Å²) in [5.74, 6) is 0. The van der Waals surface area contributed by atoms with E-state index in [1.165, 1.54) is 5.56 Å². The second-order valence-electron chi connectivity index (χ2n) is 3.54. The summed E-state index contributed by atoms with van der Waals surface area (Å²) in [6.07, 6.45) is 4.87. The molecular weight excluding hydrogens is 186 g/mol. The highest BCUT2D eigenvalue weighted by atomic mass is 15.0. The molecule has 0 atom stereocenters. The van der Waals surface area contributed by atoms with E-state index in [0.717, 1.165) is 18.7 Å². The summed E-state index contributed by atoms with van der Waals surface area (Å²) in [6, 6.07) is 10.4. The molecule has 1 aromatic heterocycles. The van der Waals surface area contributed by atoms with Crippen LogP contribution in [0.25, 0.3) is 0 Å². The van der Waals surface area contributed by atoms with Crippen molar-refractivity contribution in [1.82, 2.24) is 9.55 Å². The summed E-state index contributed by atoms with van der Waals surface area (Å²) in [7, 11) is 0. The highest BCUT2D eigenvalue weighted by molar-refractivity contribution is 5.14. The molecule has 15 heavy (non-hydrogen) atoms. The van der Waals surface area contributed by atoms with Gasteiger partial charge in [-0.3, -0.25) is 0 Å². The van der Waals surface area contributed by atoms with Gasteiger partial charge in [-0.2, -0.15) is 0 Å². The van der Waals surface area contributed by atoms with Crippen molar-refractivity contribution in [2.24, 2.45) is 5.73 Å². The first-order valence-corrected chi connectivity index (χ1v) is 5.13. The third-order valence-electron chi connectivity index (χ3n) is 2.40. The van der Waals surface area contributed by atoms with Gasteiger partial charge in [-0.05, 0) is 12.0 Å².